The Kier molecular flexibility index (Phi) is 8.45. The van der Waals surface area contributed by atoms with Crippen molar-refractivity contribution in [3.63, 3.8) is 0 Å². The largest absolute Gasteiger partial charge is 0.483 e. The number of halogens is 2. The minimum atomic E-state index is -0.949. The van der Waals surface area contributed by atoms with Gasteiger partial charge in [-0.25, -0.2) is 5.43 Å². The quantitative estimate of drug-likeness (QED) is 0.255. The Hall–Kier alpha value is -3.82. The Labute approximate surface area is 198 Å². The maximum Gasteiger partial charge on any atom is 0.329 e. The molecular formula is C22H18Cl2N4O5. The third kappa shape index (κ3) is 7.37. The highest BCUT2D eigenvalue weighted by Gasteiger charge is 2.13. The van der Waals surface area contributed by atoms with E-state index in [2.05, 4.69) is 21.2 Å². The number of hydrazone groups is 1. The van der Waals surface area contributed by atoms with Gasteiger partial charge in [-0.1, -0.05) is 35.3 Å². The summed E-state index contributed by atoms with van der Waals surface area (Å²) < 4.78 is 10.6. The lowest BCUT2D eigenvalue weighted by Gasteiger charge is -2.10. The van der Waals surface area contributed by atoms with Gasteiger partial charge in [-0.3, -0.25) is 14.4 Å². The zero-order valence-electron chi connectivity index (χ0n) is 17.0. The first-order valence-corrected chi connectivity index (χ1v) is 10.3. The zero-order chi connectivity index (χ0) is 23.6. The Balaban J connectivity index is 1.50. The minimum absolute atomic E-state index is 0.0724. The number of ether oxygens (including phenoxy) is 1. The monoisotopic (exact) mass is 488 g/mol. The third-order valence-electron chi connectivity index (χ3n) is 4.06. The van der Waals surface area contributed by atoms with Crippen LogP contribution in [0.2, 0.25) is 10.0 Å². The van der Waals surface area contributed by atoms with Crippen molar-refractivity contribution >= 4 is 52.8 Å². The highest BCUT2D eigenvalue weighted by molar-refractivity contribution is 6.36. The van der Waals surface area contributed by atoms with Crippen LogP contribution in [0.4, 0.5) is 5.69 Å². The van der Waals surface area contributed by atoms with Crippen LogP contribution in [0.3, 0.4) is 0 Å². The molecular weight excluding hydrogens is 471 g/mol. The topological polar surface area (TPSA) is 122 Å². The number of anilines is 1. The average molecular weight is 489 g/mol. The second-order valence-electron chi connectivity index (χ2n) is 6.46. The Bertz CT molecular complexity index is 1170. The lowest BCUT2D eigenvalue weighted by Crippen LogP contribution is -2.37. The van der Waals surface area contributed by atoms with Crippen molar-refractivity contribution < 1.29 is 23.5 Å². The first kappa shape index (κ1) is 23.8. The molecule has 1 aromatic heterocycles. The summed E-state index contributed by atoms with van der Waals surface area (Å²) in [4.78, 5) is 35.8. The summed E-state index contributed by atoms with van der Waals surface area (Å²) in [7, 11) is 0. The van der Waals surface area contributed by atoms with E-state index in [-0.39, 0.29) is 13.2 Å². The molecule has 0 aliphatic carbocycles. The van der Waals surface area contributed by atoms with E-state index in [0.717, 1.165) is 0 Å². The molecule has 0 atom stereocenters. The molecule has 0 aliphatic rings. The van der Waals surface area contributed by atoms with Gasteiger partial charge >= 0.3 is 11.8 Å². The van der Waals surface area contributed by atoms with Crippen LogP contribution in [-0.4, -0.2) is 30.5 Å². The van der Waals surface area contributed by atoms with Gasteiger partial charge in [-0.05, 0) is 42.5 Å². The summed E-state index contributed by atoms with van der Waals surface area (Å²) in [5.74, 6) is -1.41. The number of para-hydroxylation sites is 1. The van der Waals surface area contributed by atoms with Crippen LogP contribution in [0.5, 0.6) is 5.75 Å². The molecule has 0 unspecified atom stereocenters. The van der Waals surface area contributed by atoms with Crippen LogP contribution < -0.4 is 20.8 Å². The molecule has 3 aromatic rings. The third-order valence-corrected chi connectivity index (χ3v) is 4.61. The number of nitrogens with zero attached hydrogens (tertiary/aromatic N) is 1. The molecule has 0 saturated carbocycles. The predicted octanol–water partition coefficient (Wildman–Crippen LogP) is 3.37. The van der Waals surface area contributed by atoms with Crippen LogP contribution in [-0.2, 0) is 20.9 Å². The van der Waals surface area contributed by atoms with Crippen molar-refractivity contribution in [2.45, 2.75) is 6.54 Å². The second-order valence-corrected chi connectivity index (χ2v) is 7.30. The van der Waals surface area contributed by atoms with Gasteiger partial charge in [0.05, 0.1) is 29.7 Å². The van der Waals surface area contributed by atoms with Crippen LogP contribution in [0.1, 0.15) is 11.3 Å². The SMILES string of the molecule is O=C(COc1ccccc1/C=N\NC(=O)C(=O)NCc1ccco1)Nc1ccc(Cl)cc1Cl. The molecule has 3 N–H and O–H groups in total. The number of hydrogen-bond donors (Lipinski definition) is 3. The summed E-state index contributed by atoms with van der Waals surface area (Å²) in [6.07, 6.45) is 2.75. The van der Waals surface area contributed by atoms with E-state index >= 15 is 0 Å². The molecule has 0 spiro atoms. The van der Waals surface area contributed by atoms with Gasteiger partial charge in [0.2, 0.25) is 0 Å². The average Bonchev–Trinajstić information content (AvgIpc) is 3.32. The van der Waals surface area contributed by atoms with E-state index in [9.17, 15) is 14.4 Å². The number of carbonyl (C=O) groups excluding carboxylic acids is 3. The fourth-order valence-corrected chi connectivity index (χ4v) is 2.97. The molecule has 0 fully saturated rings. The zero-order valence-corrected chi connectivity index (χ0v) is 18.5. The second kappa shape index (κ2) is 11.7. The van der Waals surface area contributed by atoms with E-state index < -0.39 is 17.7 Å². The van der Waals surface area contributed by atoms with Gasteiger partial charge in [0, 0.05) is 10.6 Å². The maximum atomic E-state index is 12.2. The van der Waals surface area contributed by atoms with E-state index in [1.54, 1.807) is 48.5 Å². The molecule has 3 amide bonds. The summed E-state index contributed by atoms with van der Waals surface area (Å²) >= 11 is 11.9. The standard InChI is InChI=1S/C22H18Cl2N4O5/c23-15-7-8-18(17(24)10-15)27-20(29)13-33-19-6-2-1-4-14(19)11-26-28-22(31)21(30)25-12-16-5-3-9-32-16/h1-11H,12-13H2,(H,25,30)(H,27,29)(H,28,31)/b26-11-. The molecule has 0 bridgehead atoms. The number of carbonyl (C=O) groups is 3. The van der Waals surface area contributed by atoms with Crippen molar-refractivity contribution in [1.82, 2.24) is 10.7 Å². The van der Waals surface area contributed by atoms with E-state index in [1.807, 2.05) is 0 Å². The maximum absolute atomic E-state index is 12.2. The Morgan fingerprint density at radius 3 is 2.61 bits per heavy atom. The molecule has 11 heteroatoms. The lowest BCUT2D eigenvalue weighted by molar-refractivity contribution is -0.139. The van der Waals surface area contributed by atoms with Crippen LogP contribution >= 0.6 is 23.2 Å². The van der Waals surface area contributed by atoms with Gasteiger partial charge in [-0.15, -0.1) is 0 Å². The smallest absolute Gasteiger partial charge is 0.329 e. The summed E-state index contributed by atoms with van der Waals surface area (Å²) in [5.41, 5.74) is 3.00. The highest BCUT2D eigenvalue weighted by atomic mass is 35.5. The lowest BCUT2D eigenvalue weighted by atomic mass is 10.2. The molecule has 0 saturated heterocycles. The van der Waals surface area contributed by atoms with Gasteiger partial charge in [0.1, 0.15) is 11.5 Å². The van der Waals surface area contributed by atoms with Crippen LogP contribution in [0.15, 0.2) is 70.4 Å². The van der Waals surface area contributed by atoms with Gasteiger partial charge in [-0.2, -0.15) is 5.10 Å². The predicted molar refractivity (Wildman–Crippen MR) is 123 cm³/mol. The molecule has 33 heavy (non-hydrogen) atoms. The molecule has 9 nitrogen and oxygen atoms in total. The van der Waals surface area contributed by atoms with E-state index in [4.69, 9.17) is 32.4 Å². The Morgan fingerprint density at radius 2 is 1.85 bits per heavy atom. The molecule has 3 rings (SSSR count). The number of rotatable bonds is 8. The van der Waals surface area contributed by atoms with Crippen molar-refractivity contribution in [2.24, 2.45) is 5.10 Å². The normalized spacial score (nSPS) is 10.6. The van der Waals surface area contributed by atoms with Crippen molar-refractivity contribution in [2.75, 3.05) is 11.9 Å². The number of furan rings is 1. The Morgan fingerprint density at radius 1 is 1.03 bits per heavy atom. The van der Waals surface area contributed by atoms with Gasteiger partial charge in [0.15, 0.2) is 6.61 Å². The molecule has 2 aromatic carbocycles. The molecule has 0 radical (unpaired) electrons. The summed E-state index contributed by atoms with van der Waals surface area (Å²) in [5, 5.41) is 9.53. The molecule has 170 valence electrons. The summed E-state index contributed by atoms with van der Waals surface area (Å²) in [6, 6.07) is 14.7. The van der Waals surface area contributed by atoms with Crippen molar-refractivity contribution in [3.8, 4) is 5.75 Å². The fourth-order valence-electron chi connectivity index (χ4n) is 2.51. The molecule has 1 heterocycles. The minimum Gasteiger partial charge on any atom is -0.483 e. The fraction of sp³-hybridized carbons (Fsp3) is 0.0909. The number of benzene rings is 2. The van der Waals surface area contributed by atoms with Crippen molar-refractivity contribution in [1.29, 1.82) is 0 Å². The number of hydrogen-bond acceptors (Lipinski definition) is 6. The van der Waals surface area contributed by atoms with Crippen LogP contribution in [0.25, 0.3) is 0 Å². The van der Waals surface area contributed by atoms with E-state index in [1.165, 1.54) is 18.5 Å². The summed E-state index contributed by atoms with van der Waals surface area (Å²) in [6.45, 7) is -0.228. The van der Waals surface area contributed by atoms with Crippen LogP contribution in [0, 0.1) is 0 Å². The van der Waals surface area contributed by atoms with Gasteiger partial charge < -0.3 is 19.8 Å². The number of nitrogens with one attached hydrogen (secondary N) is 3. The van der Waals surface area contributed by atoms with Gasteiger partial charge in [0.25, 0.3) is 5.91 Å². The number of amides is 3. The van der Waals surface area contributed by atoms with E-state index in [0.29, 0.717) is 32.8 Å². The first-order valence-electron chi connectivity index (χ1n) is 9.52. The highest BCUT2D eigenvalue weighted by Crippen LogP contribution is 2.25. The van der Waals surface area contributed by atoms with Crippen molar-refractivity contribution in [3.05, 3.63) is 82.2 Å². The first-order chi connectivity index (χ1) is 15.9. The molecule has 0 aliphatic heterocycles.